The van der Waals surface area contributed by atoms with E-state index in [0.717, 1.165) is 19.4 Å². The van der Waals surface area contributed by atoms with Crippen LogP contribution in [0.5, 0.6) is 0 Å². The SMILES string of the molecule is C/C(=C/CO)CCCO[Si](c1ccccc1)(c1ccccc1)C(C)(C)C. The van der Waals surface area contributed by atoms with Crippen molar-refractivity contribution in [3.8, 4) is 0 Å². The molecule has 0 aliphatic carbocycles. The molecule has 26 heavy (non-hydrogen) atoms. The molecule has 0 heterocycles. The average Bonchev–Trinajstić information content (AvgIpc) is 2.62. The fraction of sp³-hybridized carbons (Fsp3) is 0.391. The maximum atomic E-state index is 9.03. The largest absolute Gasteiger partial charge is 0.407 e. The van der Waals surface area contributed by atoms with E-state index in [-0.39, 0.29) is 11.6 Å². The number of hydrogen-bond acceptors (Lipinski definition) is 2. The third kappa shape index (κ3) is 4.73. The maximum Gasteiger partial charge on any atom is 0.261 e. The summed E-state index contributed by atoms with van der Waals surface area (Å²) in [6.45, 7) is 9.81. The van der Waals surface area contributed by atoms with Gasteiger partial charge in [0.1, 0.15) is 0 Å². The van der Waals surface area contributed by atoms with E-state index in [9.17, 15) is 0 Å². The molecule has 2 rings (SSSR count). The van der Waals surface area contributed by atoms with E-state index in [4.69, 9.17) is 9.53 Å². The Hall–Kier alpha value is -1.68. The molecule has 3 heteroatoms. The van der Waals surface area contributed by atoms with Gasteiger partial charge in [-0.3, -0.25) is 0 Å². The molecule has 0 saturated heterocycles. The molecule has 0 amide bonds. The van der Waals surface area contributed by atoms with Gasteiger partial charge in [-0.2, -0.15) is 0 Å². The smallest absolute Gasteiger partial charge is 0.261 e. The summed E-state index contributed by atoms with van der Waals surface area (Å²) >= 11 is 0. The first-order chi connectivity index (χ1) is 12.4. The normalized spacial score (nSPS) is 13.0. The van der Waals surface area contributed by atoms with Crippen molar-refractivity contribution in [2.75, 3.05) is 13.2 Å². The second-order valence-corrected chi connectivity index (χ2v) is 12.2. The number of hydrogen-bond donors (Lipinski definition) is 1. The number of allylic oxidation sites excluding steroid dienone is 1. The van der Waals surface area contributed by atoms with Gasteiger partial charge in [0.15, 0.2) is 0 Å². The highest BCUT2D eigenvalue weighted by atomic mass is 28.4. The lowest BCUT2D eigenvalue weighted by Gasteiger charge is -2.43. The Bertz CT molecular complexity index is 648. The first-order valence-corrected chi connectivity index (χ1v) is 11.3. The lowest BCUT2D eigenvalue weighted by molar-refractivity contribution is 0.291. The van der Waals surface area contributed by atoms with E-state index < -0.39 is 8.32 Å². The van der Waals surface area contributed by atoms with Gasteiger partial charge in [-0.25, -0.2) is 0 Å². The van der Waals surface area contributed by atoms with Gasteiger partial charge < -0.3 is 9.53 Å². The van der Waals surface area contributed by atoms with E-state index in [1.54, 1.807) is 0 Å². The molecular formula is C23H32O2Si. The Morgan fingerprint density at radius 1 is 0.962 bits per heavy atom. The van der Waals surface area contributed by atoms with E-state index in [0.29, 0.717) is 0 Å². The van der Waals surface area contributed by atoms with Crippen molar-refractivity contribution in [3.05, 3.63) is 72.3 Å². The molecule has 0 spiro atoms. The Kier molecular flexibility index (Phi) is 7.39. The first kappa shape index (κ1) is 20.6. The summed E-state index contributed by atoms with van der Waals surface area (Å²) in [7, 11) is -2.41. The van der Waals surface area contributed by atoms with Crippen molar-refractivity contribution in [2.24, 2.45) is 0 Å². The summed E-state index contributed by atoms with van der Waals surface area (Å²) < 4.78 is 6.84. The molecule has 0 aromatic heterocycles. The van der Waals surface area contributed by atoms with Gasteiger partial charge in [0.05, 0.1) is 6.61 Å². The van der Waals surface area contributed by atoms with Crippen molar-refractivity contribution in [3.63, 3.8) is 0 Å². The molecule has 0 unspecified atom stereocenters. The quantitative estimate of drug-likeness (QED) is 0.428. The molecule has 140 valence electrons. The van der Waals surface area contributed by atoms with Crippen LogP contribution in [-0.4, -0.2) is 26.6 Å². The van der Waals surface area contributed by atoms with Crippen LogP contribution in [0.1, 0.15) is 40.5 Å². The molecule has 2 aromatic rings. The second-order valence-electron chi connectivity index (χ2n) is 7.85. The molecule has 2 aromatic carbocycles. The number of aliphatic hydroxyl groups excluding tert-OH is 1. The van der Waals surface area contributed by atoms with Crippen LogP contribution >= 0.6 is 0 Å². The molecular weight excluding hydrogens is 336 g/mol. The summed E-state index contributed by atoms with van der Waals surface area (Å²) in [6, 6.07) is 21.5. The van der Waals surface area contributed by atoms with E-state index in [2.05, 4.69) is 88.4 Å². The van der Waals surface area contributed by atoms with Gasteiger partial charge in [-0.1, -0.05) is 93.1 Å². The lowest BCUT2D eigenvalue weighted by atomic mass is 10.2. The van der Waals surface area contributed by atoms with Crippen LogP contribution < -0.4 is 10.4 Å². The molecule has 2 nitrogen and oxygen atoms in total. The molecule has 0 aliphatic heterocycles. The molecule has 0 fully saturated rings. The third-order valence-electron chi connectivity index (χ3n) is 4.89. The van der Waals surface area contributed by atoms with Crippen molar-refractivity contribution < 1.29 is 9.53 Å². The highest BCUT2D eigenvalue weighted by Gasteiger charge is 2.49. The summed E-state index contributed by atoms with van der Waals surface area (Å²) in [5.74, 6) is 0. The standard InChI is InChI=1S/C23H32O2Si/c1-20(17-18-24)12-11-19-25-26(23(2,3)4,21-13-7-5-8-14-21)22-15-9-6-10-16-22/h5-10,13-17,24H,11-12,18-19H2,1-4H3/b20-17-. The fourth-order valence-electron chi connectivity index (χ4n) is 3.60. The van der Waals surface area contributed by atoms with Gasteiger partial charge in [-0.15, -0.1) is 0 Å². The van der Waals surface area contributed by atoms with Crippen LogP contribution in [0.15, 0.2) is 72.3 Å². The average molecular weight is 369 g/mol. The fourth-order valence-corrected chi connectivity index (χ4v) is 8.20. The van der Waals surface area contributed by atoms with E-state index in [1.165, 1.54) is 15.9 Å². The van der Waals surface area contributed by atoms with Crippen molar-refractivity contribution in [1.82, 2.24) is 0 Å². The number of benzene rings is 2. The lowest BCUT2D eigenvalue weighted by Crippen LogP contribution is -2.66. The topological polar surface area (TPSA) is 29.5 Å². The monoisotopic (exact) mass is 368 g/mol. The summed E-state index contributed by atoms with van der Waals surface area (Å²) in [5.41, 5.74) is 1.22. The Morgan fingerprint density at radius 3 is 1.88 bits per heavy atom. The van der Waals surface area contributed by atoms with Crippen molar-refractivity contribution in [1.29, 1.82) is 0 Å². The van der Waals surface area contributed by atoms with Crippen molar-refractivity contribution in [2.45, 2.75) is 45.6 Å². The summed E-state index contributed by atoms with van der Waals surface area (Å²) in [4.78, 5) is 0. The zero-order valence-electron chi connectivity index (χ0n) is 16.5. The molecule has 0 atom stereocenters. The molecule has 1 N–H and O–H groups in total. The van der Waals surface area contributed by atoms with Crippen LogP contribution in [-0.2, 0) is 4.43 Å². The third-order valence-corrected chi connectivity index (χ3v) is 9.93. The molecule has 0 aliphatic rings. The van der Waals surface area contributed by atoms with Crippen LogP contribution in [0.3, 0.4) is 0 Å². The van der Waals surface area contributed by atoms with Crippen LogP contribution in [0, 0.1) is 0 Å². The predicted molar refractivity (Wildman–Crippen MR) is 114 cm³/mol. The summed E-state index contributed by atoms with van der Waals surface area (Å²) in [6.07, 6.45) is 3.80. The van der Waals surface area contributed by atoms with E-state index >= 15 is 0 Å². The molecule has 0 saturated carbocycles. The highest BCUT2D eigenvalue weighted by Crippen LogP contribution is 2.36. The Labute approximate surface area is 159 Å². The highest BCUT2D eigenvalue weighted by molar-refractivity contribution is 6.99. The van der Waals surface area contributed by atoms with Crippen LogP contribution in [0.25, 0.3) is 0 Å². The summed E-state index contributed by atoms with van der Waals surface area (Å²) in [5, 5.41) is 11.7. The van der Waals surface area contributed by atoms with Gasteiger partial charge in [0.25, 0.3) is 8.32 Å². The predicted octanol–water partition coefficient (Wildman–Crippen LogP) is 4.28. The van der Waals surface area contributed by atoms with E-state index in [1.807, 2.05) is 6.08 Å². The zero-order valence-corrected chi connectivity index (χ0v) is 17.5. The van der Waals surface area contributed by atoms with Crippen molar-refractivity contribution >= 4 is 18.7 Å². The van der Waals surface area contributed by atoms with Gasteiger partial charge in [-0.05, 0) is 35.2 Å². The van der Waals surface area contributed by atoms with Crippen LogP contribution in [0.4, 0.5) is 0 Å². The van der Waals surface area contributed by atoms with Gasteiger partial charge in [0, 0.05) is 6.61 Å². The Morgan fingerprint density at radius 2 is 1.46 bits per heavy atom. The maximum absolute atomic E-state index is 9.03. The zero-order chi connectivity index (χ0) is 19.0. The minimum Gasteiger partial charge on any atom is -0.407 e. The number of aliphatic hydroxyl groups is 1. The minimum absolute atomic E-state index is 0.0195. The second kappa shape index (κ2) is 9.31. The molecule has 0 radical (unpaired) electrons. The van der Waals surface area contributed by atoms with Crippen LogP contribution in [0.2, 0.25) is 5.04 Å². The van der Waals surface area contributed by atoms with Gasteiger partial charge >= 0.3 is 0 Å². The first-order valence-electron chi connectivity index (χ1n) is 9.43. The number of rotatable bonds is 8. The molecule has 0 bridgehead atoms. The minimum atomic E-state index is -2.41. The Balaban J connectivity index is 2.36. The van der Waals surface area contributed by atoms with Gasteiger partial charge in [0.2, 0.25) is 0 Å².